The summed E-state index contributed by atoms with van der Waals surface area (Å²) in [5, 5.41) is 5.80. The molecule has 1 aliphatic heterocycles. The predicted molar refractivity (Wildman–Crippen MR) is 103 cm³/mol. The maximum atomic E-state index is 5.94. The fourth-order valence-corrected chi connectivity index (χ4v) is 3.68. The van der Waals surface area contributed by atoms with Crippen LogP contribution in [0.15, 0.2) is 60.7 Å². The first-order valence-corrected chi connectivity index (χ1v) is 8.86. The third kappa shape index (κ3) is 3.14. The SMILES string of the molecule is CNC[C@H](c1ccc2ccccc2c1)C(OC)c1ccc2c(c1)OCO2. The maximum absolute atomic E-state index is 5.94. The zero-order chi connectivity index (χ0) is 17.9. The van der Waals surface area contributed by atoms with Crippen LogP contribution in [0, 0.1) is 0 Å². The lowest BCUT2D eigenvalue weighted by Crippen LogP contribution is -2.24. The molecule has 134 valence electrons. The van der Waals surface area contributed by atoms with Crippen LogP contribution in [0.1, 0.15) is 23.1 Å². The highest BCUT2D eigenvalue weighted by atomic mass is 16.7. The van der Waals surface area contributed by atoms with Gasteiger partial charge in [0.2, 0.25) is 6.79 Å². The fourth-order valence-electron chi connectivity index (χ4n) is 3.68. The molecule has 1 unspecified atom stereocenters. The van der Waals surface area contributed by atoms with Gasteiger partial charge in [-0.25, -0.2) is 0 Å². The monoisotopic (exact) mass is 349 g/mol. The Labute approximate surface area is 153 Å². The smallest absolute Gasteiger partial charge is 0.231 e. The Morgan fingerprint density at radius 2 is 1.69 bits per heavy atom. The Kier molecular flexibility index (Phi) is 4.78. The molecule has 0 fully saturated rings. The number of ether oxygens (including phenoxy) is 3. The molecule has 0 spiro atoms. The lowest BCUT2D eigenvalue weighted by molar-refractivity contribution is 0.0785. The zero-order valence-corrected chi connectivity index (χ0v) is 15.1. The molecule has 4 rings (SSSR count). The van der Waals surface area contributed by atoms with Crippen LogP contribution in [0.3, 0.4) is 0 Å². The molecular weight excluding hydrogens is 326 g/mol. The summed E-state index contributed by atoms with van der Waals surface area (Å²) in [6.45, 7) is 1.09. The van der Waals surface area contributed by atoms with E-state index in [-0.39, 0.29) is 18.8 Å². The minimum Gasteiger partial charge on any atom is -0.454 e. The first-order chi connectivity index (χ1) is 12.8. The van der Waals surface area contributed by atoms with E-state index in [4.69, 9.17) is 14.2 Å². The maximum Gasteiger partial charge on any atom is 0.231 e. The van der Waals surface area contributed by atoms with Crippen molar-refractivity contribution in [3.05, 3.63) is 71.8 Å². The summed E-state index contributed by atoms with van der Waals surface area (Å²) >= 11 is 0. The fraction of sp³-hybridized carbons (Fsp3) is 0.273. The van der Waals surface area contributed by atoms with Crippen LogP contribution in [0.25, 0.3) is 10.8 Å². The van der Waals surface area contributed by atoms with Gasteiger partial charge in [0, 0.05) is 19.6 Å². The first-order valence-electron chi connectivity index (χ1n) is 8.86. The number of fused-ring (bicyclic) bond motifs is 2. The van der Waals surface area contributed by atoms with Gasteiger partial charge in [-0.1, -0.05) is 48.5 Å². The van der Waals surface area contributed by atoms with Crippen LogP contribution >= 0.6 is 0 Å². The minimum absolute atomic E-state index is 0.0851. The molecule has 0 bridgehead atoms. The Balaban J connectivity index is 1.73. The van der Waals surface area contributed by atoms with Crippen LogP contribution in [-0.4, -0.2) is 27.5 Å². The Morgan fingerprint density at radius 3 is 2.50 bits per heavy atom. The van der Waals surface area contributed by atoms with Gasteiger partial charge in [-0.2, -0.15) is 0 Å². The molecule has 0 saturated heterocycles. The standard InChI is InChI=1S/C22H23NO3/c1-23-13-19(17-8-7-15-5-3-4-6-16(15)11-17)22(24-2)18-9-10-20-21(12-18)26-14-25-20/h3-12,19,22-23H,13-14H2,1-2H3/t19-,22?/m1/s1. The third-order valence-corrected chi connectivity index (χ3v) is 4.97. The molecule has 1 N–H and O–H groups in total. The zero-order valence-electron chi connectivity index (χ0n) is 15.1. The quantitative estimate of drug-likeness (QED) is 0.722. The number of hydrogen-bond acceptors (Lipinski definition) is 4. The molecule has 0 saturated carbocycles. The van der Waals surface area contributed by atoms with Crippen molar-refractivity contribution in [1.82, 2.24) is 5.32 Å². The summed E-state index contributed by atoms with van der Waals surface area (Å²) in [5.74, 6) is 1.75. The average molecular weight is 349 g/mol. The summed E-state index contributed by atoms with van der Waals surface area (Å²) in [7, 11) is 3.74. The molecule has 0 radical (unpaired) electrons. The van der Waals surface area contributed by atoms with Gasteiger partial charge in [-0.15, -0.1) is 0 Å². The van der Waals surface area contributed by atoms with Crippen molar-refractivity contribution < 1.29 is 14.2 Å². The molecule has 26 heavy (non-hydrogen) atoms. The molecule has 4 nitrogen and oxygen atoms in total. The van der Waals surface area contributed by atoms with Gasteiger partial charge < -0.3 is 19.5 Å². The second kappa shape index (κ2) is 7.36. The second-order valence-electron chi connectivity index (χ2n) is 6.54. The van der Waals surface area contributed by atoms with E-state index in [0.29, 0.717) is 0 Å². The summed E-state index contributed by atoms with van der Waals surface area (Å²) in [6.07, 6.45) is -0.0851. The summed E-state index contributed by atoms with van der Waals surface area (Å²) in [5.41, 5.74) is 2.34. The highest BCUT2D eigenvalue weighted by Gasteiger charge is 2.26. The largest absolute Gasteiger partial charge is 0.454 e. The number of benzene rings is 3. The number of methoxy groups -OCH3 is 1. The third-order valence-electron chi connectivity index (χ3n) is 4.97. The molecule has 3 aromatic carbocycles. The normalized spacial score (nSPS) is 15.2. The van der Waals surface area contributed by atoms with Gasteiger partial charge in [-0.05, 0) is 41.1 Å². The molecule has 3 aromatic rings. The van der Waals surface area contributed by atoms with Crippen molar-refractivity contribution in [3.8, 4) is 11.5 Å². The Morgan fingerprint density at radius 1 is 0.923 bits per heavy atom. The van der Waals surface area contributed by atoms with Crippen LogP contribution in [0.2, 0.25) is 0 Å². The van der Waals surface area contributed by atoms with E-state index in [1.54, 1.807) is 7.11 Å². The molecule has 1 aliphatic rings. The van der Waals surface area contributed by atoms with E-state index in [2.05, 4.69) is 53.8 Å². The van der Waals surface area contributed by atoms with Gasteiger partial charge in [0.25, 0.3) is 0 Å². The van der Waals surface area contributed by atoms with Crippen molar-refractivity contribution >= 4 is 10.8 Å². The second-order valence-corrected chi connectivity index (χ2v) is 6.54. The van der Waals surface area contributed by atoms with Crippen molar-refractivity contribution in [1.29, 1.82) is 0 Å². The van der Waals surface area contributed by atoms with E-state index in [1.165, 1.54) is 16.3 Å². The Bertz CT molecular complexity index is 909. The molecule has 2 atom stereocenters. The van der Waals surface area contributed by atoms with Crippen LogP contribution in [-0.2, 0) is 4.74 Å². The molecule has 0 aromatic heterocycles. The van der Waals surface area contributed by atoms with Crippen LogP contribution in [0.4, 0.5) is 0 Å². The van der Waals surface area contributed by atoms with Gasteiger partial charge in [-0.3, -0.25) is 0 Å². The van der Waals surface area contributed by atoms with Crippen molar-refractivity contribution in [2.45, 2.75) is 12.0 Å². The van der Waals surface area contributed by atoms with Gasteiger partial charge >= 0.3 is 0 Å². The van der Waals surface area contributed by atoms with Gasteiger partial charge in [0.05, 0.1) is 6.10 Å². The van der Waals surface area contributed by atoms with E-state index in [9.17, 15) is 0 Å². The molecule has 1 heterocycles. The highest BCUT2D eigenvalue weighted by Crippen LogP contribution is 2.39. The minimum atomic E-state index is -0.0851. The lowest BCUT2D eigenvalue weighted by atomic mass is 9.87. The molecule has 4 heteroatoms. The van der Waals surface area contributed by atoms with Crippen LogP contribution in [0.5, 0.6) is 11.5 Å². The summed E-state index contributed by atoms with van der Waals surface area (Å²) in [4.78, 5) is 0. The average Bonchev–Trinajstić information content (AvgIpc) is 3.15. The summed E-state index contributed by atoms with van der Waals surface area (Å²) < 4.78 is 16.9. The topological polar surface area (TPSA) is 39.7 Å². The van der Waals surface area contributed by atoms with E-state index in [0.717, 1.165) is 23.6 Å². The highest BCUT2D eigenvalue weighted by molar-refractivity contribution is 5.83. The van der Waals surface area contributed by atoms with Crippen LogP contribution < -0.4 is 14.8 Å². The van der Waals surface area contributed by atoms with E-state index in [1.807, 2.05) is 19.2 Å². The molecule has 0 aliphatic carbocycles. The number of rotatable bonds is 6. The summed E-state index contributed by atoms with van der Waals surface area (Å²) in [6, 6.07) is 21.1. The van der Waals surface area contributed by atoms with E-state index < -0.39 is 0 Å². The van der Waals surface area contributed by atoms with Crippen molar-refractivity contribution in [2.75, 3.05) is 27.5 Å². The first kappa shape index (κ1) is 16.9. The number of hydrogen-bond donors (Lipinski definition) is 1. The Hall–Kier alpha value is -2.56. The number of likely N-dealkylation sites (N-methyl/N-ethyl adjacent to an activating group) is 1. The lowest BCUT2D eigenvalue weighted by Gasteiger charge is -2.27. The van der Waals surface area contributed by atoms with Gasteiger partial charge in [0.15, 0.2) is 11.5 Å². The van der Waals surface area contributed by atoms with Gasteiger partial charge in [0.1, 0.15) is 0 Å². The predicted octanol–water partition coefficient (Wildman–Crippen LogP) is 4.26. The molecule has 0 amide bonds. The van der Waals surface area contributed by atoms with Crippen molar-refractivity contribution in [2.24, 2.45) is 0 Å². The van der Waals surface area contributed by atoms with Crippen molar-refractivity contribution in [3.63, 3.8) is 0 Å². The van der Waals surface area contributed by atoms with E-state index >= 15 is 0 Å². The molecular formula is C22H23NO3. The number of nitrogens with one attached hydrogen (secondary N) is 1.